The van der Waals surface area contributed by atoms with Crippen LogP contribution in [0.25, 0.3) is 0 Å². The zero-order valence-electron chi connectivity index (χ0n) is 17.9. The molecular weight excluding hydrogens is 388 g/mol. The molecular formula is C26H28N2O3. The lowest BCUT2D eigenvalue weighted by Crippen LogP contribution is -2.38. The van der Waals surface area contributed by atoms with Crippen LogP contribution in [0.2, 0.25) is 0 Å². The van der Waals surface area contributed by atoms with Gasteiger partial charge in [0.25, 0.3) is 5.91 Å². The standard InChI is InChI=1S/C26H28N2O3/c1-19-10-9-15-23(20(19)2)31-18-24(29)27-16-17-28-26(30)25(21-11-5-3-6-12-21)22-13-7-4-8-14-22/h3-15,25H,16-18H2,1-2H3,(H,27,29)(H,28,30). The Bertz CT molecular complexity index is 964. The predicted octanol–water partition coefficient (Wildman–Crippen LogP) is 3.75. The van der Waals surface area contributed by atoms with Crippen LogP contribution in [0, 0.1) is 13.8 Å². The van der Waals surface area contributed by atoms with Crippen LogP contribution in [0.15, 0.2) is 78.9 Å². The van der Waals surface area contributed by atoms with E-state index in [-0.39, 0.29) is 18.4 Å². The molecule has 160 valence electrons. The summed E-state index contributed by atoms with van der Waals surface area (Å²) in [6.45, 7) is 4.58. The SMILES string of the molecule is Cc1cccc(OCC(=O)NCCNC(=O)C(c2ccccc2)c2ccccc2)c1C. The van der Waals surface area contributed by atoms with E-state index in [2.05, 4.69) is 10.6 Å². The van der Waals surface area contributed by atoms with E-state index in [0.29, 0.717) is 18.8 Å². The number of rotatable bonds is 9. The minimum absolute atomic E-state index is 0.0606. The van der Waals surface area contributed by atoms with Crippen molar-refractivity contribution in [2.75, 3.05) is 19.7 Å². The largest absolute Gasteiger partial charge is 0.483 e. The van der Waals surface area contributed by atoms with E-state index < -0.39 is 5.92 Å². The lowest BCUT2D eigenvalue weighted by molar-refractivity contribution is -0.124. The first kappa shape index (κ1) is 22.1. The smallest absolute Gasteiger partial charge is 0.258 e. The van der Waals surface area contributed by atoms with Crippen LogP contribution in [-0.4, -0.2) is 31.5 Å². The second kappa shape index (κ2) is 11.0. The molecule has 3 rings (SSSR count). The van der Waals surface area contributed by atoms with Crippen molar-refractivity contribution in [1.29, 1.82) is 0 Å². The van der Waals surface area contributed by atoms with Gasteiger partial charge in [-0.15, -0.1) is 0 Å². The molecule has 0 aliphatic carbocycles. The Morgan fingerprint density at radius 3 is 1.97 bits per heavy atom. The first-order chi connectivity index (χ1) is 15.1. The zero-order valence-corrected chi connectivity index (χ0v) is 17.9. The van der Waals surface area contributed by atoms with E-state index in [0.717, 1.165) is 22.3 Å². The summed E-state index contributed by atoms with van der Waals surface area (Å²) >= 11 is 0. The molecule has 0 spiro atoms. The number of hydrogen-bond acceptors (Lipinski definition) is 3. The normalized spacial score (nSPS) is 10.5. The Labute approximate surface area is 183 Å². The molecule has 0 aliphatic heterocycles. The van der Waals surface area contributed by atoms with Crippen LogP contribution in [-0.2, 0) is 9.59 Å². The molecule has 0 unspecified atom stereocenters. The Hall–Kier alpha value is -3.60. The lowest BCUT2D eigenvalue weighted by Gasteiger charge is -2.18. The van der Waals surface area contributed by atoms with E-state index in [1.807, 2.05) is 92.7 Å². The van der Waals surface area contributed by atoms with Gasteiger partial charge in [0.1, 0.15) is 5.75 Å². The van der Waals surface area contributed by atoms with E-state index in [1.54, 1.807) is 0 Å². The van der Waals surface area contributed by atoms with Crippen molar-refractivity contribution in [3.63, 3.8) is 0 Å². The number of aryl methyl sites for hydroxylation is 1. The van der Waals surface area contributed by atoms with Gasteiger partial charge in [0.05, 0.1) is 5.92 Å². The van der Waals surface area contributed by atoms with E-state index in [9.17, 15) is 9.59 Å². The van der Waals surface area contributed by atoms with Crippen LogP contribution in [0.1, 0.15) is 28.2 Å². The summed E-state index contributed by atoms with van der Waals surface area (Å²) in [6, 6.07) is 25.1. The minimum atomic E-state index is -0.397. The first-order valence-corrected chi connectivity index (χ1v) is 10.4. The Balaban J connectivity index is 1.49. The number of hydrogen-bond donors (Lipinski definition) is 2. The van der Waals surface area contributed by atoms with Gasteiger partial charge in [0, 0.05) is 13.1 Å². The van der Waals surface area contributed by atoms with Gasteiger partial charge in [-0.2, -0.15) is 0 Å². The number of carbonyl (C=O) groups excluding carboxylic acids is 2. The molecule has 0 fully saturated rings. The van der Waals surface area contributed by atoms with Gasteiger partial charge in [-0.1, -0.05) is 72.8 Å². The summed E-state index contributed by atoms with van der Waals surface area (Å²) in [5.74, 6) is -0.0149. The lowest BCUT2D eigenvalue weighted by atomic mass is 9.90. The molecule has 0 radical (unpaired) electrons. The van der Waals surface area contributed by atoms with Gasteiger partial charge in [0.15, 0.2) is 6.61 Å². The molecule has 3 aromatic rings. The molecule has 31 heavy (non-hydrogen) atoms. The maximum Gasteiger partial charge on any atom is 0.258 e. The van der Waals surface area contributed by atoms with Crippen molar-refractivity contribution in [2.24, 2.45) is 0 Å². The van der Waals surface area contributed by atoms with Crippen LogP contribution >= 0.6 is 0 Å². The molecule has 0 atom stereocenters. The monoisotopic (exact) mass is 416 g/mol. The molecule has 0 bridgehead atoms. The quantitative estimate of drug-likeness (QED) is 0.522. The first-order valence-electron chi connectivity index (χ1n) is 10.4. The summed E-state index contributed by atoms with van der Waals surface area (Å²) in [7, 11) is 0. The van der Waals surface area contributed by atoms with Gasteiger partial charge < -0.3 is 15.4 Å². The summed E-state index contributed by atoms with van der Waals surface area (Å²) < 4.78 is 5.61. The molecule has 5 nitrogen and oxygen atoms in total. The van der Waals surface area contributed by atoms with Crippen LogP contribution in [0.3, 0.4) is 0 Å². The van der Waals surface area contributed by atoms with Gasteiger partial charge in [-0.05, 0) is 42.2 Å². The van der Waals surface area contributed by atoms with Gasteiger partial charge >= 0.3 is 0 Å². The molecule has 2 amide bonds. The Kier molecular flexibility index (Phi) is 7.82. The zero-order chi connectivity index (χ0) is 22.1. The second-order valence-electron chi connectivity index (χ2n) is 7.38. The number of amides is 2. The van der Waals surface area contributed by atoms with E-state index in [4.69, 9.17) is 4.74 Å². The van der Waals surface area contributed by atoms with Gasteiger partial charge in [0.2, 0.25) is 5.91 Å². The maximum atomic E-state index is 12.9. The Morgan fingerprint density at radius 1 is 0.774 bits per heavy atom. The highest BCUT2D eigenvalue weighted by molar-refractivity contribution is 5.87. The summed E-state index contributed by atoms with van der Waals surface area (Å²) in [6.07, 6.45) is 0. The molecule has 0 aliphatic rings. The summed E-state index contributed by atoms with van der Waals surface area (Å²) in [5.41, 5.74) is 4.00. The van der Waals surface area contributed by atoms with Crippen molar-refractivity contribution in [1.82, 2.24) is 10.6 Å². The third-order valence-electron chi connectivity index (χ3n) is 5.19. The van der Waals surface area contributed by atoms with Crippen molar-refractivity contribution in [2.45, 2.75) is 19.8 Å². The van der Waals surface area contributed by atoms with Crippen LogP contribution in [0.5, 0.6) is 5.75 Å². The number of benzene rings is 3. The molecule has 0 aromatic heterocycles. The molecule has 0 saturated carbocycles. The fraction of sp³-hybridized carbons (Fsp3) is 0.231. The van der Waals surface area contributed by atoms with Crippen molar-refractivity contribution in [3.05, 3.63) is 101 Å². The number of nitrogens with one attached hydrogen (secondary N) is 2. The number of carbonyl (C=O) groups is 2. The average Bonchev–Trinajstić information content (AvgIpc) is 2.79. The van der Waals surface area contributed by atoms with Crippen LogP contribution in [0.4, 0.5) is 0 Å². The highest BCUT2D eigenvalue weighted by atomic mass is 16.5. The molecule has 0 saturated heterocycles. The van der Waals surface area contributed by atoms with Crippen LogP contribution < -0.4 is 15.4 Å². The van der Waals surface area contributed by atoms with Gasteiger partial charge in [-0.25, -0.2) is 0 Å². The fourth-order valence-electron chi connectivity index (χ4n) is 3.35. The third kappa shape index (κ3) is 6.19. The van der Waals surface area contributed by atoms with E-state index >= 15 is 0 Å². The minimum Gasteiger partial charge on any atom is -0.483 e. The van der Waals surface area contributed by atoms with Crippen molar-refractivity contribution in [3.8, 4) is 5.75 Å². The maximum absolute atomic E-state index is 12.9. The molecule has 0 heterocycles. The molecule has 3 aromatic carbocycles. The summed E-state index contributed by atoms with van der Waals surface area (Å²) in [4.78, 5) is 25.0. The highest BCUT2D eigenvalue weighted by Crippen LogP contribution is 2.24. The van der Waals surface area contributed by atoms with Crippen molar-refractivity contribution >= 4 is 11.8 Å². The van der Waals surface area contributed by atoms with Crippen molar-refractivity contribution < 1.29 is 14.3 Å². The fourth-order valence-corrected chi connectivity index (χ4v) is 3.35. The molecule has 2 N–H and O–H groups in total. The topological polar surface area (TPSA) is 67.4 Å². The number of ether oxygens (including phenoxy) is 1. The van der Waals surface area contributed by atoms with Gasteiger partial charge in [-0.3, -0.25) is 9.59 Å². The Morgan fingerprint density at radius 2 is 1.35 bits per heavy atom. The summed E-state index contributed by atoms with van der Waals surface area (Å²) in [5, 5.41) is 5.71. The highest BCUT2D eigenvalue weighted by Gasteiger charge is 2.22. The third-order valence-corrected chi connectivity index (χ3v) is 5.19. The second-order valence-corrected chi connectivity index (χ2v) is 7.38. The van der Waals surface area contributed by atoms with E-state index in [1.165, 1.54) is 0 Å². The predicted molar refractivity (Wildman–Crippen MR) is 122 cm³/mol. The average molecular weight is 417 g/mol. The molecule has 5 heteroatoms.